The first-order valence-electron chi connectivity index (χ1n) is 7.92. The predicted octanol–water partition coefficient (Wildman–Crippen LogP) is 3.73. The molecule has 6 heteroatoms. The van der Waals surface area contributed by atoms with Crippen molar-refractivity contribution in [3.63, 3.8) is 0 Å². The standard InChI is InChI=1S/C19H22N2O3.ClH/c1-19(2)11-15(14-10-12(20)8-9-17(14)24-19)21-18(22)13-6-4-5-7-16(13)23-3;/h4-10,15H,11,20H2,1-3H3,(H,21,22);1H. The Morgan fingerprint density at radius 2 is 2.00 bits per heavy atom. The normalized spacial score (nSPS) is 17.5. The average molecular weight is 363 g/mol. The van der Waals surface area contributed by atoms with E-state index < -0.39 is 0 Å². The number of nitrogens with one attached hydrogen (secondary N) is 1. The van der Waals surface area contributed by atoms with Gasteiger partial charge >= 0.3 is 0 Å². The maximum absolute atomic E-state index is 12.7. The van der Waals surface area contributed by atoms with Crippen LogP contribution in [0.25, 0.3) is 0 Å². The van der Waals surface area contributed by atoms with E-state index in [4.69, 9.17) is 15.2 Å². The SMILES string of the molecule is COc1ccccc1C(=O)NC1CC(C)(C)Oc2ccc(N)cc21.Cl. The van der Waals surface area contributed by atoms with Crippen LogP contribution in [-0.2, 0) is 0 Å². The number of methoxy groups -OCH3 is 1. The van der Waals surface area contributed by atoms with Gasteiger partial charge in [0.25, 0.3) is 5.91 Å². The summed E-state index contributed by atoms with van der Waals surface area (Å²) in [7, 11) is 1.56. The van der Waals surface area contributed by atoms with Crippen molar-refractivity contribution >= 4 is 24.0 Å². The Kier molecular flexibility index (Phi) is 5.48. The van der Waals surface area contributed by atoms with Crippen LogP contribution in [0.2, 0.25) is 0 Å². The third-order valence-electron chi connectivity index (χ3n) is 4.15. The monoisotopic (exact) mass is 362 g/mol. The molecule has 1 aliphatic rings. The molecule has 0 radical (unpaired) electrons. The molecule has 25 heavy (non-hydrogen) atoms. The molecule has 1 atom stereocenters. The average Bonchev–Trinajstić information content (AvgIpc) is 2.54. The largest absolute Gasteiger partial charge is 0.496 e. The van der Waals surface area contributed by atoms with Crippen LogP contribution < -0.4 is 20.5 Å². The van der Waals surface area contributed by atoms with Gasteiger partial charge in [0.15, 0.2) is 0 Å². The van der Waals surface area contributed by atoms with Crippen LogP contribution in [-0.4, -0.2) is 18.6 Å². The van der Waals surface area contributed by atoms with Crippen LogP contribution in [0.5, 0.6) is 11.5 Å². The molecule has 1 aliphatic heterocycles. The molecular formula is C19H23ClN2O3. The smallest absolute Gasteiger partial charge is 0.255 e. The van der Waals surface area contributed by atoms with E-state index in [1.165, 1.54) is 0 Å². The van der Waals surface area contributed by atoms with Gasteiger partial charge in [0.05, 0.1) is 18.7 Å². The minimum Gasteiger partial charge on any atom is -0.496 e. The molecule has 0 spiro atoms. The van der Waals surface area contributed by atoms with Crippen LogP contribution in [0.1, 0.15) is 42.2 Å². The second kappa shape index (κ2) is 7.23. The van der Waals surface area contributed by atoms with E-state index >= 15 is 0 Å². The van der Waals surface area contributed by atoms with Crippen molar-refractivity contribution in [2.45, 2.75) is 31.9 Å². The zero-order valence-electron chi connectivity index (χ0n) is 14.5. The van der Waals surface area contributed by atoms with E-state index in [9.17, 15) is 4.79 Å². The van der Waals surface area contributed by atoms with Gasteiger partial charge < -0.3 is 20.5 Å². The lowest BCUT2D eigenvalue weighted by molar-refractivity contribution is 0.0619. The van der Waals surface area contributed by atoms with Gasteiger partial charge in [0.1, 0.15) is 17.1 Å². The fraction of sp³-hybridized carbons (Fsp3) is 0.316. The number of nitrogen functional groups attached to an aromatic ring is 1. The Hall–Kier alpha value is -2.40. The lowest BCUT2D eigenvalue weighted by Crippen LogP contribution is -2.41. The van der Waals surface area contributed by atoms with Crippen molar-refractivity contribution in [1.82, 2.24) is 5.32 Å². The van der Waals surface area contributed by atoms with E-state index in [1.54, 1.807) is 25.3 Å². The molecule has 134 valence electrons. The van der Waals surface area contributed by atoms with Gasteiger partial charge in [-0.1, -0.05) is 12.1 Å². The predicted molar refractivity (Wildman–Crippen MR) is 101 cm³/mol. The molecule has 2 aromatic rings. The molecule has 2 aromatic carbocycles. The molecule has 5 nitrogen and oxygen atoms in total. The highest BCUT2D eigenvalue weighted by Gasteiger charge is 2.35. The number of halogens is 1. The Morgan fingerprint density at radius 3 is 2.72 bits per heavy atom. The Balaban J connectivity index is 0.00000225. The highest BCUT2D eigenvalue weighted by Crippen LogP contribution is 2.40. The van der Waals surface area contributed by atoms with Crippen molar-refractivity contribution in [2.24, 2.45) is 0 Å². The molecule has 0 aliphatic carbocycles. The lowest BCUT2D eigenvalue weighted by atomic mass is 9.89. The van der Waals surface area contributed by atoms with Crippen LogP contribution in [0, 0.1) is 0 Å². The molecule has 0 saturated heterocycles. The minimum absolute atomic E-state index is 0. The summed E-state index contributed by atoms with van der Waals surface area (Å²) in [6.07, 6.45) is 0.657. The van der Waals surface area contributed by atoms with E-state index in [0.717, 1.165) is 11.3 Å². The fourth-order valence-corrected chi connectivity index (χ4v) is 3.07. The third-order valence-corrected chi connectivity index (χ3v) is 4.15. The molecule has 1 heterocycles. The summed E-state index contributed by atoms with van der Waals surface area (Å²) in [5, 5.41) is 3.09. The number of carbonyl (C=O) groups excluding carboxylic acids is 1. The van der Waals surface area contributed by atoms with E-state index in [0.29, 0.717) is 23.4 Å². The van der Waals surface area contributed by atoms with Gasteiger partial charge in [-0.05, 0) is 44.2 Å². The van der Waals surface area contributed by atoms with Crippen LogP contribution in [0.4, 0.5) is 5.69 Å². The number of hydrogen-bond donors (Lipinski definition) is 2. The van der Waals surface area contributed by atoms with Crippen molar-refractivity contribution in [3.05, 3.63) is 53.6 Å². The van der Waals surface area contributed by atoms with Crippen LogP contribution >= 0.6 is 12.4 Å². The number of amides is 1. The molecule has 0 fully saturated rings. The lowest BCUT2D eigenvalue weighted by Gasteiger charge is -2.38. The number of fused-ring (bicyclic) bond motifs is 1. The number of nitrogens with two attached hydrogens (primary N) is 1. The Labute approximate surface area is 153 Å². The molecule has 0 bridgehead atoms. The number of benzene rings is 2. The van der Waals surface area contributed by atoms with Crippen LogP contribution in [0.3, 0.4) is 0 Å². The molecule has 1 unspecified atom stereocenters. The van der Waals surface area contributed by atoms with Gasteiger partial charge in [0, 0.05) is 17.7 Å². The summed E-state index contributed by atoms with van der Waals surface area (Å²) >= 11 is 0. The summed E-state index contributed by atoms with van der Waals surface area (Å²) in [4.78, 5) is 12.7. The number of hydrogen-bond acceptors (Lipinski definition) is 4. The first kappa shape index (κ1) is 18.9. The maximum Gasteiger partial charge on any atom is 0.255 e. The highest BCUT2D eigenvalue weighted by molar-refractivity contribution is 5.97. The van der Waals surface area contributed by atoms with E-state index in [2.05, 4.69) is 5.32 Å². The van der Waals surface area contributed by atoms with Gasteiger partial charge in [0.2, 0.25) is 0 Å². The number of ether oxygens (including phenoxy) is 2. The van der Waals surface area contributed by atoms with Gasteiger partial charge in [-0.25, -0.2) is 0 Å². The molecule has 0 aromatic heterocycles. The number of rotatable bonds is 3. The summed E-state index contributed by atoms with van der Waals surface area (Å²) in [5.41, 5.74) is 7.59. The molecule has 1 amide bonds. The molecule has 3 N–H and O–H groups in total. The van der Waals surface area contributed by atoms with Crippen molar-refractivity contribution in [2.75, 3.05) is 12.8 Å². The number of carbonyl (C=O) groups is 1. The third kappa shape index (κ3) is 3.99. The summed E-state index contributed by atoms with van der Waals surface area (Å²) in [6, 6.07) is 12.5. The zero-order valence-corrected chi connectivity index (χ0v) is 15.4. The van der Waals surface area contributed by atoms with Crippen molar-refractivity contribution in [3.8, 4) is 11.5 Å². The first-order chi connectivity index (χ1) is 11.4. The summed E-state index contributed by atoms with van der Waals surface area (Å²) in [6.45, 7) is 4.02. The molecular weight excluding hydrogens is 340 g/mol. The highest BCUT2D eigenvalue weighted by atomic mass is 35.5. The summed E-state index contributed by atoms with van der Waals surface area (Å²) < 4.78 is 11.3. The number of para-hydroxylation sites is 1. The van der Waals surface area contributed by atoms with E-state index in [-0.39, 0.29) is 30.0 Å². The first-order valence-corrected chi connectivity index (χ1v) is 7.92. The summed E-state index contributed by atoms with van der Waals surface area (Å²) in [5.74, 6) is 1.13. The van der Waals surface area contributed by atoms with Gasteiger partial charge in [-0.15, -0.1) is 12.4 Å². The Bertz CT molecular complexity index is 777. The van der Waals surface area contributed by atoms with Gasteiger partial charge in [-0.2, -0.15) is 0 Å². The fourth-order valence-electron chi connectivity index (χ4n) is 3.07. The van der Waals surface area contributed by atoms with Crippen molar-refractivity contribution in [1.29, 1.82) is 0 Å². The maximum atomic E-state index is 12.7. The second-order valence-corrected chi connectivity index (χ2v) is 6.59. The molecule has 3 rings (SSSR count). The van der Waals surface area contributed by atoms with Crippen molar-refractivity contribution < 1.29 is 14.3 Å². The number of anilines is 1. The van der Waals surface area contributed by atoms with Gasteiger partial charge in [-0.3, -0.25) is 4.79 Å². The molecule has 0 saturated carbocycles. The van der Waals surface area contributed by atoms with E-state index in [1.807, 2.05) is 38.1 Å². The second-order valence-electron chi connectivity index (χ2n) is 6.59. The quantitative estimate of drug-likeness (QED) is 0.816. The van der Waals surface area contributed by atoms with Crippen LogP contribution in [0.15, 0.2) is 42.5 Å². The topological polar surface area (TPSA) is 73.6 Å². The Morgan fingerprint density at radius 1 is 1.28 bits per heavy atom. The minimum atomic E-state index is -0.373. The zero-order chi connectivity index (χ0) is 17.3.